The number of hydrogen-bond donors (Lipinski definition) is 0. The van der Waals surface area contributed by atoms with Crippen LogP contribution in [-0.2, 0) is 9.84 Å². The maximum absolute atomic E-state index is 13.5. The van der Waals surface area contributed by atoms with Gasteiger partial charge in [0.25, 0.3) is 11.8 Å². The maximum atomic E-state index is 13.5. The highest BCUT2D eigenvalue weighted by atomic mass is 35.5. The number of oxazole rings is 1. The number of rotatable bonds is 5. The molecule has 0 radical (unpaired) electrons. The Labute approximate surface area is 207 Å². The first-order chi connectivity index (χ1) is 16.8. The summed E-state index contributed by atoms with van der Waals surface area (Å²) in [6, 6.07) is 16.8. The fraction of sp³-hybridized carbons (Fsp3) is 0.200. The predicted octanol–water partition coefficient (Wildman–Crippen LogP) is 4.69. The zero-order chi connectivity index (χ0) is 24.6. The van der Waals surface area contributed by atoms with Crippen LogP contribution < -0.4 is 4.90 Å². The van der Waals surface area contributed by atoms with Gasteiger partial charge in [0.2, 0.25) is 20.7 Å². The molecule has 0 saturated carbocycles. The van der Waals surface area contributed by atoms with Crippen LogP contribution in [0.2, 0.25) is 5.02 Å². The fourth-order valence-electron chi connectivity index (χ4n) is 3.93. The van der Waals surface area contributed by atoms with E-state index in [4.69, 9.17) is 20.4 Å². The summed E-state index contributed by atoms with van der Waals surface area (Å²) in [6.45, 7) is 3.34. The summed E-state index contributed by atoms with van der Waals surface area (Å²) in [6.07, 6.45) is 1.46. The number of nitrogens with zero attached hydrogens (tertiary/aromatic N) is 3. The Morgan fingerprint density at radius 1 is 0.971 bits per heavy atom. The largest absolute Gasteiger partial charge is 0.459 e. The van der Waals surface area contributed by atoms with Gasteiger partial charge in [-0.15, -0.1) is 0 Å². The maximum Gasteiger partial charge on any atom is 0.266 e. The number of aromatic nitrogens is 1. The second kappa shape index (κ2) is 9.24. The zero-order valence-corrected chi connectivity index (χ0v) is 20.4. The SMILES string of the molecule is Cc1ccc(S(=O)(=O)c2nc(-c3ccco3)oc2N2CCN(C(=O)c3ccccc3Cl)CC2)cc1. The number of sulfone groups is 1. The molecule has 1 fully saturated rings. The van der Waals surface area contributed by atoms with Crippen LogP contribution in [0.25, 0.3) is 11.7 Å². The van der Waals surface area contributed by atoms with E-state index >= 15 is 0 Å². The van der Waals surface area contributed by atoms with Gasteiger partial charge in [-0.3, -0.25) is 4.79 Å². The van der Waals surface area contributed by atoms with Gasteiger partial charge >= 0.3 is 0 Å². The van der Waals surface area contributed by atoms with E-state index in [2.05, 4.69) is 4.98 Å². The van der Waals surface area contributed by atoms with Gasteiger partial charge < -0.3 is 18.6 Å². The Morgan fingerprint density at radius 3 is 2.34 bits per heavy atom. The van der Waals surface area contributed by atoms with E-state index in [1.807, 2.05) is 6.92 Å². The molecular weight excluding hydrogens is 490 g/mol. The van der Waals surface area contributed by atoms with Gasteiger partial charge in [-0.2, -0.15) is 4.98 Å². The summed E-state index contributed by atoms with van der Waals surface area (Å²) in [5.41, 5.74) is 1.38. The Kier molecular flexibility index (Phi) is 6.12. The molecule has 35 heavy (non-hydrogen) atoms. The number of aryl methyl sites for hydroxylation is 1. The lowest BCUT2D eigenvalue weighted by atomic mass is 10.2. The fourth-order valence-corrected chi connectivity index (χ4v) is 5.46. The van der Waals surface area contributed by atoms with Crippen molar-refractivity contribution in [1.82, 2.24) is 9.88 Å². The molecule has 3 heterocycles. The van der Waals surface area contributed by atoms with E-state index in [0.717, 1.165) is 5.56 Å². The van der Waals surface area contributed by atoms with Crippen molar-refractivity contribution in [3.05, 3.63) is 83.1 Å². The lowest BCUT2D eigenvalue weighted by Gasteiger charge is -2.34. The highest BCUT2D eigenvalue weighted by Gasteiger charge is 2.34. The normalized spacial score (nSPS) is 14.3. The zero-order valence-electron chi connectivity index (χ0n) is 18.8. The van der Waals surface area contributed by atoms with Crippen molar-refractivity contribution in [2.24, 2.45) is 0 Å². The minimum absolute atomic E-state index is 0.0743. The molecule has 0 atom stereocenters. The number of benzene rings is 2. The first-order valence-electron chi connectivity index (χ1n) is 11.0. The lowest BCUT2D eigenvalue weighted by Crippen LogP contribution is -2.49. The standard InChI is InChI=1S/C25H22ClN3O5S/c1-17-8-10-18(11-9-17)35(31,32)23-25(34-22(27-23)21-7-4-16-33-21)29-14-12-28(13-15-29)24(30)19-5-2-3-6-20(19)26/h2-11,16H,12-15H2,1H3. The molecule has 1 saturated heterocycles. The van der Waals surface area contributed by atoms with E-state index in [1.165, 1.54) is 6.26 Å². The van der Waals surface area contributed by atoms with Crippen molar-refractivity contribution in [3.8, 4) is 11.7 Å². The van der Waals surface area contributed by atoms with Crippen LogP contribution in [0, 0.1) is 6.92 Å². The molecule has 180 valence electrons. The monoisotopic (exact) mass is 511 g/mol. The number of amides is 1. The van der Waals surface area contributed by atoms with Crippen LogP contribution in [0.3, 0.4) is 0 Å². The number of halogens is 1. The average molecular weight is 512 g/mol. The lowest BCUT2D eigenvalue weighted by molar-refractivity contribution is 0.0745. The third-order valence-electron chi connectivity index (χ3n) is 5.86. The van der Waals surface area contributed by atoms with E-state index in [1.54, 1.807) is 70.5 Å². The van der Waals surface area contributed by atoms with E-state index < -0.39 is 9.84 Å². The first-order valence-corrected chi connectivity index (χ1v) is 12.9. The summed E-state index contributed by atoms with van der Waals surface area (Å²) in [5.74, 6) is 0.354. The minimum atomic E-state index is -3.97. The third kappa shape index (κ3) is 4.44. The second-order valence-electron chi connectivity index (χ2n) is 8.18. The Hall–Kier alpha value is -3.56. The first kappa shape index (κ1) is 23.2. The topological polar surface area (TPSA) is 96.9 Å². The summed E-state index contributed by atoms with van der Waals surface area (Å²) in [7, 11) is -3.97. The molecule has 0 spiro atoms. The average Bonchev–Trinajstić information content (AvgIpc) is 3.55. The Bertz CT molecular complexity index is 1460. The summed E-state index contributed by atoms with van der Waals surface area (Å²) >= 11 is 6.20. The Morgan fingerprint density at radius 2 is 1.69 bits per heavy atom. The van der Waals surface area contributed by atoms with Crippen LogP contribution in [0.5, 0.6) is 0 Å². The predicted molar refractivity (Wildman–Crippen MR) is 130 cm³/mol. The van der Waals surface area contributed by atoms with E-state index in [9.17, 15) is 13.2 Å². The quantitative estimate of drug-likeness (QED) is 0.383. The smallest absolute Gasteiger partial charge is 0.266 e. The van der Waals surface area contributed by atoms with Crippen molar-refractivity contribution < 1.29 is 22.0 Å². The summed E-state index contributed by atoms with van der Waals surface area (Å²) in [4.78, 5) is 20.9. The molecule has 2 aromatic carbocycles. The van der Waals surface area contributed by atoms with Crippen LogP contribution >= 0.6 is 11.6 Å². The molecule has 10 heteroatoms. The van der Waals surface area contributed by atoms with Gasteiger partial charge in [0.15, 0.2) is 5.76 Å². The number of anilines is 1. The van der Waals surface area contributed by atoms with Gasteiger partial charge in [-0.05, 0) is 43.3 Å². The molecule has 4 aromatic rings. The van der Waals surface area contributed by atoms with Crippen LogP contribution in [0.4, 0.5) is 5.88 Å². The van der Waals surface area contributed by atoms with Crippen molar-refractivity contribution in [1.29, 1.82) is 0 Å². The third-order valence-corrected chi connectivity index (χ3v) is 7.85. The molecular formula is C25H22ClN3O5S. The summed E-state index contributed by atoms with van der Waals surface area (Å²) < 4.78 is 38.4. The van der Waals surface area contributed by atoms with Crippen molar-refractivity contribution >= 4 is 33.2 Å². The number of furan rings is 1. The van der Waals surface area contributed by atoms with Crippen molar-refractivity contribution in [2.45, 2.75) is 16.8 Å². The molecule has 8 nitrogen and oxygen atoms in total. The van der Waals surface area contributed by atoms with Gasteiger partial charge in [0, 0.05) is 26.2 Å². The van der Waals surface area contributed by atoms with Crippen LogP contribution in [-0.4, -0.2) is 50.4 Å². The van der Waals surface area contributed by atoms with E-state index in [0.29, 0.717) is 42.5 Å². The molecule has 0 aliphatic carbocycles. The number of carbonyl (C=O) groups is 1. The van der Waals surface area contributed by atoms with Gasteiger partial charge in [-0.1, -0.05) is 41.4 Å². The van der Waals surface area contributed by atoms with Crippen molar-refractivity contribution in [2.75, 3.05) is 31.1 Å². The molecule has 5 rings (SSSR count). The van der Waals surface area contributed by atoms with Crippen LogP contribution in [0.15, 0.2) is 85.7 Å². The molecule has 1 aliphatic rings. The highest BCUT2D eigenvalue weighted by molar-refractivity contribution is 7.91. The molecule has 1 amide bonds. The van der Waals surface area contributed by atoms with Gasteiger partial charge in [0.1, 0.15) is 0 Å². The van der Waals surface area contributed by atoms with Crippen LogP contribution in [0.1, 0.15) is 15.9 Å². The second-order valence-corrected chi connectivity index (χ2v) is 10.5. The molecule has 0 bridgehead atoms. The van der Waals surface area contributed by atoms with Gasteiger partial charge in [0.05, 0.1) is 21.7 Å². The van der Waals surface area contributed by atoms with Gasteiger partial charge in [-0.25, -0.2) is 8.42 Å². The molecule has 0 unspecified atom stereocenters. The molecule has 1 aliphatic heterocycles. The molecule has 2 aromatic heterocycles. The highest BCUT2D eigenvalue weighted by Crippen LogP contribution is 2.35. The minimum Gasteiger partial charge on any atom is -0.459 e. The summed E-state index contributed by atoms with van der Waals surface area (Å²) in [5, 5.41) is 0.211. The van der Waals surface area contributed by atoms with E-state index in [-0.39, 0.29) is 27.6 Å². The molecule has 0 N–H and O–H groups in total. The number of piperazine rings is 1. The number of carbonyl (C=O) groups excluding carboxylic acids is 1. The Balaban J connectivity index is 1.45. The van der Waals surface area contributed by atoms with Crippen molar-refractivity contribution in [3.63, 3.8) is 0 Å². The number of hydrogen-bond acceptors (Lipinski definition) is 7.